The van der Waals surface area contributed by atoms with E-state index >= 15 is 0 Å². The van der Waals surface area contributed by atoms with Crippen LogP contribution < -0.4 is 16.0 Å². The van der Waals surface area contributed by atoms with Gasteiger partial charge in [0.1, 0.15) is 6.04 Å². The summed E-state index contributed by atoms with van der Waals surface area (Å²) in [4.78, 5) is 24.4. The number of carbonyl (C=O) groups excluding carboxylic acids is 2. The lowest BCUT2D eigenvalue weighted by molar-refractivity contribution is -0.123. The van der Waals surface area contributed by atoms with Crippen LogP contribution in [0.5, 0.6) is 0 Å². The molecule has 1 aliphatic rings. The molecule has 0 bridgehead atoms. The number of rotatable bonds is 4. The highest BCUT2D eigenvalue weighted by Crippen LogP contribution is 2.08. The molecule has 2 rings (SSSR count). The Kier molecular flexibility index (Phi) is 4.93. The normalized spacial score (nSPS) is 20.6. The summed E-state index contributed by atoms with van der Waals surface area (Å²) < 4.78 is 0. The molecule has 6 heteroatoms. The Labute approximate surface area is 116 Å². The molecule has 1 aromatic heterocycles. The van der Waals surface area contributed by atoms with Gasteiger partial charge in [0.2, 0.25) is 5.91 Å². The van der Waals surface area contributed by atoms with Gasteiger partial charge in [0, 0.05) is 12.6 Å². The average Bonchev–Trinajstić information content (AvgIpc) is 2.93. The molecule has 2 amide bonds. The van der Waals surface area contributed by atoms with Gasteiger partial charge in [-0.25, -0.2) is 0 Å². The first-order valence-corrected chi connectivity index (χ1v) is 7.40. The zero-order valence-corrected chi connectivity index (χ0v) is 11.8. The maximum absolute atomic E-state index is 12.0. The predicted molar refractivity (Wildman–Crippen MR) is 75.3 cm³/mol. The minimum Gasteiger partial charge on any atom is -0.350 e. The van der Waals surface area contributed by atoms with Gasteiger partial charge in [-0.15, -0.1) is 11.3 Å². The van der Waals surface area contributed by atoms with Crippen molar-refractivity contribution in [3.8, 4) is 0 Å². The van der Waals surface area contributed by atoms with Crippen LogP contribution in [-0.2, 0) is 4.79 Å². The molecule has 0 saturated carbocycles. The van der Waals surface area contributed by atoms with E-state index in [9.17, 15) is 9.59 Å². The molecule has 2 atom stereocenters. The van der Waals surface area contributed by atoms with E-state index in [4.69, 9.17) is 0 Å². The van der Waals surface area contributed by atoms with E-state index in [0.29, 0.717) is 4.88 Å². The minimum atomic E-state index is -0.517. The lowest BCUT2D eigenvalue weighted by atomic mass is 10.1. The molecule has 0 aromatic carbocycles. The van der Waals surface area contributed by atoms with E-state index in [1.807, 2.05) is 11.4 Å². The van der Waals surface area contributed by atoms with E-state index in [1.54, 1.807) is 13.0 Å². The summed E-state index contributed by atoms with van der Waals surface area (Å²) in [6, 6.07) is 3.21. The van der Waals surface area contributed by atoms with Crippen molar-refractivity contribution in [2.75, 3.05) is 13.1 Å². The highest BCUT2D eigenvalue weighted by atomic mass is 32.1. The smallest absolute Gasteiger partial charge is 0.261 e. The monoisotopic (exact) mass is 281 g/mol. The van der Waals surface area contributed by atoms with Gasteiger partial charge in [-0.3, -0.25) is 9.59 Å². The number of carbonyl (C=O) groups is 2. The SMILES string of the molecule is CC(NC(=O)c1cccs1)C(=O)N[C@H]1CCCNC1. The maximum atomic E-state index is 12.0. The summed E-state index contributed by atoms with van der Waals surface area (Å²) in [5.41, 5.74) is 0. The van der Waals surface area contributed by atoms with Crippen molar-refractivity contribution in [2.24, 2.45) is 0 Å². The van der Waals surface area contributed by atoms with Crippen molar-refractivity contribution in [2.45, 2.75) is 31.8 Å². The van der Waals surface area contributed by atoms with Crippen molar-refractivity contribution < 1.29 is 9.59 Å². The van der Waals surface area contributed by atoms with E-state index in [1.165, 1.54) is 11.3 Å². The van der Waals surface area contributed by atoms with Crippen LogP contribution in [-0.4, -0.2) is 37.0 Å². The van der Waals surface area contributed by atoms with Crippen LogP contribution in [0.15, 0.2) is 17.5 Å². The fourth-order valence-corrected chi connectivity index (χ4v) is 2.67. The minimum absolute atomic E-state index is 0.126. The molecule has 19 heavy (non-hydrogen) atoms. The standard InChI is InChI=1S/C13H19N3O2S/c1-9(15-13(18)11-5-3-7-19-11)12(17)16-10-4-2-6-14-8-10/h3,5,7,9-10,14H,2,4,6,8H2,1H3,(H,15,18)(H,16,17)/t9?,10-/m0/s1. The van der Waals surface area contributed by atoms with Gasteiger partial charge in [-0.2, -0.15) is 0 Å². The van der Waals surface area contributed by atoms with E-state index in [0.717, 1.165) is 25.9 Å². The Morgan fingerprint density at radius 2 is 2.37 bits per heavy atom. The zero-order chi connectivity index (χ0) is 13.7. The molecule has 0 spiro atoms. The molecule has 2 heterocycles. The zero-order valence-electron chi connectivity index (χ0n) is 10.9. The fraction of sp³-hybridized carbons (Fsp3) is 0.538. The highest BCUT2D eigenvalue weighted by molar-refractivity contribution is 7.12. The first-order chi connectivity index (χ1) is 9.16. The van der Waals surface area contributed by atoms with Crippen LogP contribution in [0.25, 0.3) is 0 Å². The van der Waals surface area contributed by atoms with Crippen LogP contribution in [0.3, 0.4) is 0 Å². The van der Waals surface area contributed by atoms with Crippen molar-refractivity contribution in [1.29, 1.82) is 0 Å². The molecule has 0 radical (unpaired) electrons. The predicted octanol–water partition coefficient (Wildman–Crippen LogP) is 0.735. The lowest BCUT2D eigenvalue weighted by Crippen LogP contribution is -2.52. The van der Waals surface area contributed by atoms with E-state index in [-0.39, 0.29) is 17.9 Å². The molecule has 1 aliphatic heterocycles. The van der Waals surface area contributed by atoms with Crippen LogP contribution in [0.1, 0.15) is 29.4 Å². The van der Waals surface area contributed by atoms with Crippen LogP contribution >= 0.6 is 11.3 Å². The summed E-state index contributed by atoms with van der Waals surface area (Å²) in [6.45, 7) is 3.52. The summed E-state index contributed by atoms with van der Waals surface area (Å²) in [5, 5.41) is 10.7. The van der Waals surface area contributed by atoms with Gasteiger partial charge < -0.3 is 16.0 Å². The third-order valence-corrected chi connectivity index (χ3v) is 4.00. The summed E-state index contributed by atoms with van der Waals surface area (Å²) >= 11 is 1.37. The average molecular weight is 281 g/mol. The largest absolute Gasteiger partial charge is 0.350 e. The van der Waals surface area contributed by atoms with Crippen molar-refractivity contribution >= 4 is 23.2 Å². The first kappa shape index (κ1) is 14.0. The summed E-state index contributed by atoms with van der Waals surface area (Å²) in [7, 11) is 0. The number of amides is 2. The Morgan fingerprint density at radius 1 is 1.53 bits per heavy atom. The molecule has 3 N–H and O–H groups in total. The third-order valence-electron chi connectivity index (χ3n) is 3.13. The molecular formula is C13H19N3O2S. The molecule has 1 fully saturated rings. The molecule has 5 nitrogen and oxygen atoms in total. The van der Waals surface area contributed by atoms with Gasteiger partial charge in [0.05, 0.1) is 4.88 Å². The molecule has 1 aromatic rings. The second-order valence-electron chi connectivity index (χ2n) is 4.72. The Bertz CT molecular complexity index is 427. The van der Waals surface area contributed by atoms with Gasteiger partial charge in [-0.1, -0.05) is 6.07 Å². The Morgan fingerprint density at radius 3 is 3.00 bits per heavy atom. The maximum Gasteiger partial charge on any atom is 0.261 e. The van der Waals surface area contributed by atoms with Crippen molar-refractivity contribution in [3.05, 3.63) is 22.4 Å². The van der Waals surface area contributed by atoms with E-state index < -0.39 is 6.04 Å². The summed E-state index contributed by atoms with van der Waals surface area (Å²) in [6.07, 6.45) is 2.06. The topological polar surface area (TPSA) is 70.2 Å². The fourth-order valence-electron chi connectivity index (χ4n) is 2.04. The quantitative estimate of drug-likeness (QED) is 0.762. The second-order valence-corrected chi connectivity index (χ2v) is 5.67. The number of piperidine rings is 1. The van der Waals surface area contributed by atoms with Crippen molar-refractivity contribution in [3.63, 3.8) is 0 Å². The number of hydrogen-bond donors (Lipinski definition) is 3. The van der Waals surface area contributed by atoms with Crippen molar-refractivity contribution in [1.82, 2.24) is 16.0 Å². The van der Waals surface area contributed by atoms with Gasteiger partial charge in [-0.05, 0) is 37.8 Å². The molecule has 104 valence electrons. The van der Waals surface area contributed by atoms with Gasteiger partial charge >= 0.3 is 0 Å². The van der Waals surface area contributed by atoms with Crippen LogP contribution in [0.2, 0.25) is 0 Å². The van der Waals surface area contributed by atoms with Gasteiger partial charge in [0.15, 0.2) is 0 Å². The second kappa shape index (κ2) is 6.68. The number of hydrogen-bond acceptors (Lipinski definition) is 4. The van der Waals surface area contributed by atoms with Crippen LogP contribution in [0.4, 0.5) is 0 Å². The molecule has 0 aliphatic carbocycles. The lowest BCUT2D eigenvalue weighted by Gasteiger charge is -2.25. The van der Waals surface area contributed by atoms with Gasteiger partial charge in [0.25, 0.3) is 5.91 Å². The number of nitrogens with one attached hydrogen (secondary N) is 3. The molecular weight excluding hydrogens is 262 g/mol. The highest BCUT2D eigenvalue weighted by Gasteiger charge is 2.21. The molecule has 1 saturated heterocycles. The number of thiophene rings is 1. The molecule has 1 unspecified atom stereocenters. The Balaban J connectivity index is 1.80. The summed E-state index contributed by atoms with van der Waals surface area (Å²) in [5.74, 6) is -0.321. The Hall–Kier alpha value is -1.40. The third kappa shape index (κ3) is 4.04. The van der Waals surface area contributed by atoms with Crippen LogP contribution in [0, 0.1) is 0 Å². The first-order valence-electron chi connectivity index (χ1n) is 6.52. The van der Waals surface area contributed by atoms with E-state index in [2.05, 4.69) is 16.0 Å².